The molecular formula is C15H25N5O. The van der Waals surface area contributed by atoms with E-state index in [-0.39, 0.29) is 6.04 Å². The Morgan fingerprint density at radius 1 is 1.33 bits per heavy atom. The molecular weight excluding hydrogens is 266 g/mol. The fourth-order valence-electron chi connectivity index (χ4n) is 2.43. The van der Waals surface area contributed by atoms with E-state index in [0.717, 1.165) is 43.1 Å². The number of methoxy groups -OCH3 is 1. The zero-order chi connectivity index (χ0) is 15.2. The first kappa shape index (κ1) is 15.6. The monoisotopic (exact) mass is 291 g/mol. The molecule has 0 amide bonds. The van der Waals surface area contributed by atoms with Crippen LogP contribution in [-0.4, -0.2) is 33.2 Å². The summed E-state index contributed by atoms with van der Waals surface area (Å²) < 4.78 is 9.34. The van der Waals surface area contributed by atoms with Crippen molar-refractivity contribution in [3.63, 3.8) is 0 Å². The highest BCUT2D eigenvalue weighted by atomic mass is 16.5. The SMILES string of the molecule is CCCNC(c1ccn(C)n1)c1c(OC)cnn1CCC. The largest absolute Gasteiger partial charge is 0.493 e. The number of hydrogen-bond acceptors (Lipinski definition) is 4. The lowest BCUT2D eigenvalue weighted by Crippen LogP contribution is -2.27. The summed E-state index contributed by atoms with van der Waals surface area (Å²) in [5.41, 5.74) is 2.04. The molecule has 0 aliphatic heterocycles. The zero-order valence-corrected chi connectivity index (χ0v) is 13.3. The van der Waals surface area contributed by atoms with Crippen LogP contribution in [0.2, 0.25) is 0 Å². The minimum Gasteiger partial charge on any atom is -0.493 e. The van der Waals surface area contributed by atoms with E-state index in [1.165, 1.54) is 0 Å². The number of nitrogens with zero attached hydrogens (tertiary/aromatic N) is 4. The van der Waals surface area contributed by atoms with Crippen molar-refractivity contribution in [1.29, 1.82) is 0 Å². The summed E-state index contributed by atoms with van der Waals surface area (Å²) in [5, 5.41) is 12.6. The van der Waals surface area contributed by atoms with Crippen molar-refractivity contribution < 1.29 is 4.74 Å². The summed E-state index contributed by atoms with van der Waals surface area (Å²) in [4.78, 5) is 0. The number of nitrogens with one attached hydrogen (secondary N) is 1. The van der Waals surface area contributed by atoms with Crippen molar-refractivity contribution >= 4 is 0 Å². The number of aryl methyl sites for hydroxylation is 2. The summed E-state index contributed by atoms with van der Waals surface area (Å²) in [6.45, 7) is 6.09. The molecule has 0 aliphatic carbocycles. The van der Waals surface area contributed by atoms with Gasteiger partial charge in [-0.1, -0.05) is 13.8 Å². The Morgan fingerprint density at radius 2 is 2.14 bits per heavy atom. The first-order valence-electron chi connectivity index (χ1n) is 7.53. The summed E-state index contributed by atoms with van der Waals surface area (Å²) in [5.74, 6) is 0.808. The topological polar surface area (TPSA) is 56.9 Å². The summed E-state index contributed by atoms with van der Waals surface area (Å²) in [7, 11) is 3.62. The van der Waals surface area contributed by atoms with Gasteiger partial charge in [0.15, 0.2) is 5.75 Å². The Kier molecular flexibility index (Phi) is 5.38. The zero-order valence-electron chi connectivity index (χ0n) is 13.3. The average Bonchev–Trinajstić information content (AvgIpc) is 3.07. The number of ether oxygens (including phenoxy) is 1. The molecule has 2 aromatic heterocycles. The molecule has 21 heavy (non-hydrogen) atoms. The molecule has 0 radical (unpaired) electrons. The lowest BCUT2D eigenvalue weighted by Gasteiger charge is -2.19. The average molecular weight is 291 g/mol. The molecule has 2 aromatic rings. The first-order valence-corrected chi connectivity index (χ1v) is 7.53. The van der Waals surface area contributed by atoms with Crippen LogP contribution >= 0.6 is 0 Å². The van der Waals surface area contributed by atoms with Gasteiger partial charge in [0.05, 0.1) is 25.0 Å². The van der Waals surface area contributed by atoms with Gasteiger partial charge >= 0.3 is 0 Å². The van der Waals surface area contributed by atoms with Gasteiger partial charge in [0.25, 0.3) is 0 Å². The fraction of sp³-hybridized carbons (Fsp3) is 0.600. The quantitative estimate of drug-likeness (QED) is 0.809. The lowest BCUT2D eigenvalue weighted by molar-refractivity contribution is 0.396. The first-order chi connectivity index (χ1) is 10.2. The lowest BCUT2D eigenvalue weighted by atomic mass is 10.1. The molecule has 116 valence electrons. The van der Waals surface area contributed by atoms with Crippen molar-refractivity contribution in [1.82, 2.24) is 24.9 Å². The van der Waals surface area contributed by atoms with E-state index in [9.17, 15) is 0 Å². The van der Waals surface area contributed by atoms with Gasteiger partial charge in [0, 0.05) is 19.8 Å². The van der Waals surface area contributed by atoms with Crippen molar-refractivity contribution in [3.8, 4) is 5.75 Å². The van der Waals surface area contributed by atoms with Crippen LogP contribution in [0.5, 0.6) is 5.75 Å². The molecule has 1 unspecified atom stereocenters. The van der Waals surface area contributed by atoms with Gasteiger partial charge in [-0.05, 0) is 25.5 Å². The molecule has 0 saturated carbocycles. The molecule has 2 rings (SSSR count). The van der Waals surface area contributed by atoms with Crippen LogP contribution in [0.15, 0.2) is 18.5 Å². The molecule has 1 atom stereocenters. The summed E-state index contributed by atoms with van der Waals surface area (Å²) in [6.07, 6.45) is 5.84. The standard InChI is InChI=1S/C15H25N5O/c1-5-8-16-14(12-7-10-19(3)18-12)15-13(21-4)11-17-20(15)9-6-2/h7,10-11,14,16H,5-6,8-9H2,1-4H3. The van der Waals surface area contributed by atoms with Crippen LogP contribution in [0.25, 0.3) is 0 Å². The Labute approximate surface area is 126 Å². The second-order valence-electron chi connectivity index (χ2n) is 5.12. The molecule has 6 heteroatoms. The number of aromatic nitrogens is 4. The van der Waals surface area contributed by atoms with E-state index < -0.39 is 0 Å². The maximum Gasteiger partial charge on any atom is 0.161 e. The normalized spacial score (nSPS) is 12.6. The molecule has 0 aromatic carbocycles. The molecule has 0 saturated heterocycles. The van der Waals surface area contributed by atoms with Crippen molar-refractivity contribution in [2.24, 2.45) is 7.05 Å². The van der Waals surface area contributed by atoms with Crippen LogP contribution in [0.1, 0.15) is 44.1 Å². The van der Waals surface area contributed by atoms with E-state index >= 15 is 0 Å². The van der Waals surface area contributed by atoms with E-state index in [1.54, 1.807) is 13.3 Å². The highest BCUT2D eigenvalue weighted by Gasteiger charge is 2.24. The Morgan fingerprint density at radius 3 is 2.71 bits per heavy atom. The van der Waals surface area contributed by atoms with Gasteiger partial charge in [-0.25, -0.2) is 0 Å². The van der Waals surface area contributed by atoms with Crippen molar-refractivity contribution in [3.05, 3.63) is 29.8 Å². The van der Waals surface area contributed by atoms with Crippen molar-refractivity contribution in [2.45, 2.75) is 39.3 Å². The molecule has 2 heterocycles. The van der Waals surface area contributed by atoms with Gasteiger partial charge in [-0.3, -0.25) is 9.36 Å². The van der Waals surface area contributed by atoms with Gasteiger partial charge < -0.3 is 10.1 Å². The summed E-state index contributed by atoms with van der Waals surface area (Å²) >= 11 is 0. The molecule has 0 fully saturated rings. The maximum absolute atomic E-state index is 5.50. The van der Waals surface area contributed by atoms with Gasteiger partial charge in [-0.2, -0.15) is 10.2 Å². The van der Waals surface area contributed by atoms with Crippen LogP contribution < -0.4 is 10.1 Å². The number of hydrogen-bond donors (Lipinski definition) is 1. The molecule has 1 N–H and O–H groups in total. The Balaban J connectivity index is 2.42. The second-order valence-corrected chi connectivity index (χ2v) is 5.12. The van der Waals surface area contributed by atoms with E-state index in [0.29, 0.717) is 0 Å². The smallest absolute Gasteiger partial charge is 0.161 e. The molecule has 0 bridgehead atoms. The van der Waals surface area contributed by atoms with Gasteiger partial charge in [0.2, 0.25) is 0 Å². The number of rotatable bonds is 8. The highest BCUT2D eigenvalue weighted by molar-refractivity contribution is 5.33. The summed E-state index contributed by atoms with van der Waals surface area (Å²) in [6, 6.07) is 2.03. The maximum atomic E-state index is 5.50. The van der Waals surface area contributed by atoms with Crippen molar-refractivity contribution in [2.75, 3.05) is 13.7 Å². The van der Waals surface area contributed by atoms with Crippen LogP contribution in [-0.2, 0) is 13.6 Å². The minimum atomic E-state index is -0.00449. The van der Waals surface area contributed by atoms with Gasteiger partial charge in [0.1, 0.15) is 5.69 Å². The molecule has 0 spiro atoms. The Bertz CT molecular complexity index is 560. The van der Waals surface area contributed by atoms with Gasteiger partial charge in [-0.15, -0.1) is 0 Å². The Hall–Kier alpha value is -1.82. The highest BCUT2D eigenvalue weighted by Crippen LogP contribution is 2.29. The van der Waals surface area contributed by atoms with Crippen LogP contribution in [0.4, 0.5) is 0 Å². The van der Waals surface area contributed by atoms with Crippen LogP contribution in [0.3, 0.4) is 0 Å². The fourth-order valence-corrected chi connectivity index (χ4v) is 2.43. The third kappa shape index (κ3) is 3.44. The predicted molar refractivity (Wildman–Crippen MR) is 82.4 cm³/mol. The predicted octanol–water partition coefficient (Wildman–Crippen LogP) is 2.12. The van der Waals surface area contributed by atoms with E-state index in [4.69, 9.17) is 4.74 Å². The molecule has 6 nitrogen and oxygen atoms in total. The third-order valence-electron chi connectivity index (χ3n) is 3.40. The second kappa shape index (κ2) is 7.26. The minimum absolute atomic E-state index is 0.00449. The van der Waals surface area contributed by atoms with E-state index in [2.05, 4.69) is 29.4 Å². The third-order valence-corrected chi connectivity index (χ3v) is 3.40. The van der Waals surface area contributed by atoms with Crippen LogP contribution in [0, 0.1) is 0 Å². The molecule has 0 aliphatic rings. The van der Waals surface area contributed by atoms with E-state index in [1.807, 2.05) is 28.7 Å².